The van der Waals surface area contributed by atoms with E-state index < -0.39 is 12.1 Å². The summed E-state index contributed by atoms with van der Waals surface area (Å²) < 4.78 is 38.7. The van der Waals surface area contributed by atoms with E-state index in [2.05, 4.69) is 5.32 Å². The molecule has 0 spiro atoms. The number of rotatable bonds is 2. The number of fused-ring (bicyclic) bond motifs is 2. The van der Waals surface area contributed by atoms with Crippen molar-refractivity contribution in [3.8, 4) is 0 Å². The maximum absolute atomic E-state index is 12.9. The predicted octanol–water partition coefficient (Wildman–Crippen LogP) is 4.53. The van der Waals surface area contributed by atoms with Crippen LogP contribution in [-0.2, 0) is 0 Å². The molecule has 0 aromatic heterocycles. The number of aliphatic hydroxyl groups is 1. The molecule has 2 bridgehead atoms. The molecule has 0 radical (unpaired) electrons. The summed E-state index contributed by atoms with van der Waals surface area (Å²) in [5.74, 6) is -1.13. The molecule has 2 amide bonds. The van der Waals surface area contributed by atoms with Crippen molar-refractivity contribution in [3.63, 3.8) is 0 Å². The van der Waals surface area contributed by atoms with Crippen LogP contribution in [0, 0.1) is 5.92 Å². The van der Waals surface area contributed by atoms with Gasteiger partial charge in [0.15, 0.2) is 0 Å². The van der Waals surface area contributed by atoms with Gasteiger partial charge in [0.25, 0.3) is 0 Å². The van der Waals surface area contributed by atoms with E-state index in [1.165, 1.54) is 0 Å². The number of alkyl halides is 3. The lowest BCUT2D eigenvalue weighted by molar-refractivity contribution is -0.205. The van der Waals surface area contributed by atoms with Crippen LogP contribution in [-0.4, -0.2) is 40.4 Å². The molecule has 1 aromatic carbocycles. The normalized spacial score (nSPS) is 33.3. The molecular weight excluding hydrogens is 369 g/mol. The van der Waals surface area contributed by atoms with Crippen molar-refractivity contribution in [1.29, 1.82) is 0 Å². The van der Waals surface area contributed by atoms with E-state index in [4.69, 9.17) is 11.6 Å². The van der Waals surface area contributed by atoms with Gasteiger partial charge in [0, 0.05) is 22.8 Å². The number of aliphatic hydroxyl groups excluding tert-OH is 1. The third-order valence-electron chi connectivity index (χ3n) is 5.94. The fourth-order valence-electron chi connectivity index (χ4n) is 4.44. The third-order valence-corrected chi connectivity index (χ3v) is 6.29. The van der Waals surface area contributed by atoms with Crippen LogP contribution in [0.2, 0.25) is 5.02 Å². The maximum Gasteiger partial charge on any atom is 0.391 e. The first-order valence-corrected chi connectivity index (χ1v) is 9.23. The van der Waals surface area contributed by atoms with Crippen molar-refractivity contribution in [2.75, 3.05) is 5.32 Å². The Labute approximate surface area is 154 Å². The highest BCUT2D eigenvalue weighted by atomic mass is 35.5. The Morgan fingerprint density at radius 2 is 1.81 bits per heavy atom. The average Bonchev–Trinajstić information content (AvgIpc) is 2.53. The number of nitrogens with zero attached hydrogens (tertiary/aromatic N) is 1. The van der Waals surface area contributed by atoms with Crippen LogP contribution < -0.4 is 5.32 Å². The summed E-state index contributed by atoms with van der Waals surface area (Å²) in [4.78, 5) is 14.1. The van der Waals surface area contributed by atoms with Crippen molar-refractivity contribution in [1.82, 2.24) is 4.90 Å². The lowest BCUT2D eigenvalue weighted by atomic mass is 9.73. The lowest BCUT2D eigenvalue weighted by Crippen LogP contribution is -2.65. The smallest absolute Gasteiger partial charge is 0.391 e. The molecule has 2 N–H and O–H groups in total. The zero-order valence-electron chi connectivity index (χ0n) is 14.0. The third kappa shape index (κ3) is 3.16. The van der Waals surface area contributed by atoms with Gasteiger partial charge in [-0.25, -0.2) is 4.79 Å². The van der Waals surface area contributed by atoms with E-state index in [9.17, 15) is 23.1 Å². The molecule has 4 nitrogen and oxygen atoms in total. The Balaban J connectivity index is 1.41. The molecule has 2 unspecified atom stereocenters. The molecule has 2 aliphatic heterocycles. The molecule has 142 valence electrons. The lowest BCUT2D eigenvalue weighted by Gasteiger charge is -2.55. The zero-order chi connectivity index (χ0) is 18.6. The van der Waals surface area contributed by atoms with Crippen molar-refractivity contribution < 1.29 is 23.1 Å². The predicted molar refractivity (Wildman–Crippen MR) is 91.3 cm³/mol. The van der Waals surface area contributed by atoms with Crippen LogP contribution in [0.3, 0.4) is 0 Å². The van der Waals surface area contributed by atoms with Gasteiger partial charge in [0.1, 0.15) is 0 Å². The van der Waals surface area contributed by atoms with E-state index >= 15 is 0 Å². The highest BCUT2D eigenvalue weighted by Crippen LogP contribution is 2.47. The van der Waals surface area contributed by atoms with Gasteiger partial charge in [-0.05, 0) is 61.8 Å². The number of carbonyl (C=O) groups excluding carboxylic acids is 1. The van der Waals surface area contributed by atoms with Crippen LogP contribution in [0.4, 0.5) is 23.7 Å². The van der Waals surface area contributed by atoms with E-state index in [-0.39, 0.29) is 43.0 Å². The molecular formula is C18H20ClF3N2O2. The summed E-state index contributed by atoms with van der Waals surface area (Å²) in [5, 5.41) is 12.9. The Morgan fingerprint density at radius 3 is 2.38 bits per heavy atom. The van der Waals surface area contributed by atoms with E-state index in [0.29, 0.717) is 30.0 Å². The molecule has 1 saturated carbocycles. The monoisotopic (exact) mass is 388 g/mol. The van der Waals surface area contributed by atoms with Gasteiger partial charge in [-0.3, -0.25) is 0 Å². The van der Waals surface area contributed by atoms with Crippen molar-refractivity contribution in [3.05, 3.63) is 28.8 Å². The van der Waals surface area contributed by atoms with Crippen LogP contribution in [0.15, 0.2) is 18.2 Å². The molecule has 3 fully saturated rings. The van der Waals surface area contributed by atoms with Gasteiger partial charge in [0.05, 0.1) is 12.0 Å². The number of hydrogen-bond donors (Lipinski definition) is 2. The minimum absolute atomic E-state index is 0.0146. The number of amides is 2. The zero-order valence-corrected chi connectivity index (χ0v) is 14.7. The first kappa shape index (κ1) is 17.9. The van der Waals surface area contributed by atoms with E-state index in [0.717, 1.165) is 5.56 Å². The number of hydrogen-bond acceptors (Lipinski definition) is 2. The van der Waals surface area contributed by atoms with Crippen molar-refractivity contribution in [2.24, 2.45) is 5.92 Å². The van der Waals surface area contributed by atoms with Gasteiger partial charge in [0.2, 0.25) is 0 Å². The van der Waals surface area contributed by atoms with E-state index in [1.807, 2.05) is 0 Å². The molecule has 3 atom stereocenters. The Bertz CT molecular complexity index is 709. The number of benzene rings is 1. The minimum Gasteiger partial charge on any atom is -0.393 e. The Morgan fingerprint density at radius 1 is 1.15 bits per heavy atom. The second kappa shape index (κ2) is 6.30. The summed E-state index contributed by atoms with van der Waals surface area (Å²) in [6.45, 7) is 0. The summed E-state index contributed by atoms with van der Waals surface area (Å²) in [5.41, 5.74) is 1.46. The molecule has 1 aromatic rings. The molecule has 4 rings (SSSR count). The van der Waals surface area contributed by atoms with Gasteiger partial charge >= 0.3 is 12.2 Å². The number of piperidine rings is 1. The fourth-order valence-corrected chi connectivity index (χ4v) is 4.71. The number of carbonyl (C=O) groups is 1. The Kier molecular flexibility index (Phi) is 4.34. The van der Waals surface area contributed by atoms with Crippen LogP contribution in [0.25, 0.3) is 0 Å². The highest BCUT2D eigenvalue weighted by Gasteiger charge is 2.54. The average molecular weight is 389 g/mol. The largest absolute Gasteiger partial charge is 0.393 e. The maximum atomic E-state index is 12.9. The van der Waals surface area contributed by atoms with Gasteiger partial charge in [-0.2, -0.15) is 13.2 Å². The second-order valence-electron chi connectivity index (χ2n) is 7.65. The summed E-state index contributed by atoms with van der Waals surface area (Å²) in [6.07, 6.45) is -2.59. The SMILES string of the molecule is O=C(Nc1ccc(Cl)c(C2CC(O)C2)c1)N1C2CC(C(F)(F)F)C[C@H]1C2. The highest BCUT2D eigenvalue weighted by molar-refractivity contribution is 6.31. The first-order valence-electron chi connectivity index (χ1n) is 8.86. The number of halogens is 4. The molecule has 3 aliphatic rings. The molecule has 2 heterocycles. The quantitative estimate of drug-likeness (QED) is 0.782. The van der Waals surface area contributed by atoms with Gasteiger partial charge in [-0.1, -0.05) is 11.6 Å². The molecule has 8 heteroatoms. The first-order chi connectivity index (χ1) is 12.2. The second-order valence-corrected chi connectivity index (χ2v) is 8.06. The van der Waals surface area contributed by atoms with Crippen LogP contribution >= 0.6 is 11.6 Å². The topological polar surface area (TPSA) is 52.6 Å². The van der Waals surface area contributed by atoms with Crippen LogP contribution in [0.5, 0.6) is 0 Å². The summed E-state index contributed by atoms with van der Waals surface area (Å²) in [6, 6.07) is 4.16. The molecule has 1 aliphatic carbocycles. The van der Waals surface area contributed by atoms with Gasteiger partial charge < -0.3 is 15.3 Å². The fraction of sp³-hybridized carbons (Fsp3) is 0.611. The number of anilines is 1. The molecule has 2 saturated heterocycles. The van der Waals surface area contributed by atoms with Crippen molar-refractivity contribution in [2.45, 2.75) is 62.4 Å². The Hall–Kier alpha value is -1.47. The number of urea groups is 1. The van der Waals surface area contributed by atoms with E-state index in [1.54, 1.807) is 23.1 Å². The molecule has 26 heavy (non-hydrogen) atoms. The minimum atomic E-state index is -4.18. The van der Waals surface area contributed by atoms with Crippen LogP contribution in [0.1, 0.15) is 43.6 Å². The summed E-state index contributed by atoms with van der Waals surface area (Å²) >= 11 is 6.21. The number of nitrogens with one attached hydrogen (secondary N) is 1. The summed E-state index contributed by atoms with van der Waals surface area (Å²) in [7, 11) is 0. The van der Waals surface area contributed by atoms with Crippen molar-refractivity contribution >= 4 is 23.3 Å². The standard InChI is InChI=1S/C18H20ClF3N2O2/c19-16-2-1-11(7-15(16)9-3-14(25)4-9)23-17(26)24-12-5-10(18(20,21)22)6-13(24)8-12/h1-2,7,9-10,12-14,25H,3-6,8H2,(H,23,26)/t9?,10?,12-,13?,14?/m0/s1. The van der Waals surface area contributed by atoms with Gasteiger partial charge in [-0.15, -0.1) is 0 Å².